The Labute approximate surface area is 269 Å². The number of fused-ring (bicyclic) bond motifs is 1. The van der Waals surface area contributed by atoms with Crippen molar-refractivity contribution < 1.29 is 18.9 Å². The average molecular weight is 627 g/mol. The minimum atomic E-state index is -0.127. The molecule has 4 rings (SSSR count). The maximum absolute atomic E-state index is 6.80. The first kappa shape index (κ1) is 34.5. The van der Waals surface area contributed by atoms with Gasteiger partial charge >= 0.3 is 0 Å². The number of thiophene rings is 1. The highest BCUT2D eigenvalue weighted by Gasteiger charge is 2.48. The zero-order valence-corrected chi connectivity index (χ0v) is 28.6. The van der Waals surface area contributed by atoms with Crippen molar-refractivity contribution >= 4 is 33.2 Å². The molecule has 238 valence electrons. The van der Waals surface area contributed by atoms with Gasteiger partial charge in [0.2, 0.25) is 0 Å². The SMILES string of the molecule is CCCCOC[C@H]1S[C@@H](c2cccc(Cc3cc4ccccc4s3)c2)[C@H](OCCCC)[C@@H](OCCCC)[C@@H]1OCCCC. The Morgan fingerprint density at radius 1 is 0.651 bits per heavy atom. The maximum Gasteiger partial charge on any atom is 0.112 e. The molecule has 0 amide bonds. The van der Waals surface area contributed by atoms with Gasteiger partial charge in [-0.2, -0.15) is 0 Å². The highest BCUT2D eigenvalue weighted by Crippen LogP contribution is 2.47. The summed E-state index contributed by atoms with van der Waals surface area (Å²) in [4.78, 5) is 1.40. The molecular weight excluding hydrogens is 573 g/mol. The molecule has 0 radical (unpaired) electrons. The molecule has 0 unspecified atom stereocenters. The summed E-state index contributed by atoms with van der Waals surface area (Å²) in [6, 6.07) is 20.2. The van der Waals surface area contributed by atoms with Crippen molar-refractivity contribution in [1.29, 1.82) is 0 Å². The Balaban J connectivity index is 1.64. The van der Waals surface area contributed by atoms with Crippen molar-refractivity contribution in [2.75, 3.05) is 33.0 Å². The first-order chi connectivity index (χ1) is 21.2. The lowest BCUT2D eigenvalue weighted by atomic mass is 9.94. The number of rotatable bonds is 20. The van der Waals surface area contributed by atoms with E-state index in [4.69, 9.17) is 18.9 Å². The second-order valence-electron chi connectivity index (χ2n) is 11.8. The summed E-state index contributed by atoms with van der Waals surface area (Å²) < 4.78 is 27.9. The maximum atomic E-state index is 6.80. The van der Waals surface area contributed by atoms with E-state index >= 15 is 0 Å². The fourth-order valence-electron chi connectivity index (χ4n) is 5.63. The lowest BCUT2D eigenvalue weighted by molar-refractivity contribution is -0.149. The Hall–Kier alpha value is -1.41. The third kappa shape index (κ3) is 10.3. The summed E-state index contributed by atoms with van der Waals surface area (Å²) in [6.45, 7) is 12.6. The summed E-state index contributed by atoms with van der Waals surface area (Å²) in [7, 11) is 0. The van der Waals surface area contributed by atoms with Crippen molar-refractivity contribution in [3.05, 3.63) is 70.6 Å². The van der Waals surface area contributed by atoms with Crippen molar-refractivity contribution in [3.63, 3.8) is 0 Å². The number of hydrogen-bond donors (Lipinski definition) is 0. The van der Waals surface area contributed by atoms with E-state index in [1.54, 1.807) is 0 Å². The van der Waals surface area contributed by atoms with Gasteiger partial charge in [-0.1, -0.05) is 95.8 Å². The minimum Gasteiger partial charge on any atom is -0.380 e. The smallest absolute Gasteiger partial charge is 0.112 e. The third-order valence-corrected chi connectivity index (χ3v) is 10.8. The molecule has 2 aromatic carbocycles. The topological polar surface area (TPSA) is 36.9 Å². The molecule has 43 heavy (non-hydrogen) atoms. The van der Waals surface area contributed by atoms with Gasteiger partial charge in [-0.15, -0.1) is 23.1 Å². The van der Waals surface area contributed by atoms with Crippen LogP contribution in [0.15, 0.2) is 54.6 Å². The third-order valence-electron chi connectivity index (χ3n) is 8.12. The van der Waals surface area contributed by atoms with E-state index in [1.165, 1.54) is 26.1 Å². The number of thioether (sulfide) groups is 1. The second kappa shape index (κ2) is 19.2. The number of ether oxygens (including phenoxy) is 4. The standard InChI is InChI=1S/C37H54O4S2/c1-5-9-20-38-27-33-34(39-21-10-6-2)35(40-22-11-7-3)36(41-23-12-8-4)37(43-33)30-18-15-16-28(24-30)25-31-26-29-17-13-14-19-32(29)42-31/h13-19,24,26,33-37H,5-12,20-23,25,27H2,1-4H3/t33-,34-,35+,36-,37+/m1/s1. The van der Waals surface area contributed by atoms with Crippen LogP contribution in [0.25, 0.3) is 10.1 Å². The van der Waals surface area contributed by atoms with E-state index < -0.39 is 0 Å². The first-order valence-electron chi connectivity index (χ1n) is 16.8. The second-order valence-corrected chi connectivity index (χ2v) is 14.3. The average Bonchev–Trinajstić information content (AvgIpc) is 3.43. The van der Waals surface area contributed by atoms with Crippen molar-refractivity contribution in [1.82, 2.24) is 0 Å². The zero-order chi connectivity index (χ0) is 30.3. The molecular formula is C37H54O4S2. The Morgan fingerprint density at radius 3 is 2.00 bits per heavy atom. The molecule has 3 aromatic rings. The minimum absolute atomic E-state index is 0.0559. The molecule has 1 fully saturated rings. The van der Waals surface area contributed by atoms with Gasteiger partial charge in [0.15, 0.2) is 0 Å². The molecule has 6 heteroatoms. The Kier molecular flexibility index (Phi) is 15.4. The van der Waals surface area contributed by atoms with Gasteiger partial charge in [0.1, 0.15) is 18.3 Å². The summed E-state index contributed by atoms with van der Waals surface area (Å²) in [5.41, 5.74) is 2.66. The molecule has 1 aliphatic rings. The number of benzene rings is 2. The number of hydrogen-bond acceptors (Lipinski definition) is 6. The normalized spacial score (nSPS) is 22.4. The highest BCUT2D eigenvalue weighted by molar-refractivity contribution is 8.00. The lowest BCUT2D eigenvalue weighted by Gasteiger charge is -2.46. The zero-order valence-electron chi connectivity index (χ0n) is 26.9. The highest BCUT2D eigenvalue weighted by atomic mass is 32.2. The van der Waals surface area contributed by atoms with Crippen LogP contribution in [0.5, 0.6) is 0 Å². The fourth-order valence-corrected chi connectivity index (χ4v) is 8.36. The quantitative estimate of drug-likeness (QED) is 0.117. The monoisotopic (exact) mass is 626 g/mol. The Bertz CT molecular complexity index is 1150. The van der Waals surface area contributed by atoms with Crippen LogP contribution in [0, 0.1) is 0 Å². The predicted octanol–water partition coefficient (Wildman–Crippen LogP) is 10.0. The first-order valence-corrected chi connectivity index (χ1v) is 18.6. The van der Waals surface area contributed by atoms with E-state index in [2.05, 4.69) is 82.3 Å². The summed E-state index contributed by atoms with van der Waals surface area (Å²) in [6.07, 6.45) is 9.38. The molecule has 1 saturated heterocycles. The molecule has 0 saturated carbocycles. The van der Waals surface area contributed by atoms with Gasteiger partial charge in [-0.05, 0) is 54.3 Å². The summed E-state index contributed by atoms with van der Waals surface area (Å²) in [5.74, 6) is 0. The molecule has 0 N–H and O–H groups in total. The van der Waals surface area contributed by atoms with E-state index in [1.807, 2.05) is 23.1 Å². The van der Waals surface area contributed by atoms with Crippen LogP contribution in [0.3, 0.4) is 0 Å². The van der Waals surface area contributed by atoms with Crippen molar-refractivity contribution in [3.8, 4) is 0 Å². The van der Waals surface area contributed by atoms with Gasteiger partial charge < -0.3 is 18.9 Å². The number of unbranched alkanes of at least 4 members (excludes halogenated alkanes) is 4. The molecule has 0 aliphatic carbocycles. The van der Waals surface area contributed by atoms with E-state index in [9.17, 15) is 0 Å². The van der Waals surface area contributed by atoms with E-state index in [-0.39, 0.29) is 28.8 Å². The van der Waals surface area contributed by atoms with Crippen LogP contribution in [0.1, 0.15) is 100 Å². The summed E-state index contributed by atoms with van der Waals surface area (Å²) in [5, 5.41) is 1.66. The molecule has 4 nitrogen and oxygen atoms in total. The lowest BCUT2D eigenvalue weighted by Crippen LogP contribution is -2.55. The van der Waals surface area contributed by atoms with Gasteiger partial charge in [-0.25, -0.2) is 0 Å². The van der Waals surface area contributed by atoms with Gasteiger partial charge in [0.25, 0.3) is 0 Å². The molecule has 5 atom stereocenters. The van der Waals surface area contributed by atoms with Gasteiger partial charge in [0.05, 0.1) is 17.1 Å². The van der Waals surface area contributed by atoms with E-state index in [0.29, 0.717) is 6.61 Å². The Morgan fingerprint density at radius 2 is 1.30 bits per heavy atom. The van der Waals surface area contributed by atoms with Crippen LogP contribution in [0.4, 0.5) is 0 Å². The largest absolute Gasteiger partial charge is 0.380 e. The van der Waals surface area contributed by atoms with Crippen LogP contribution in [-0.2, 0) is 25.4 Å². The molecule has 2 heterocycles. The molecule has 0 spiro atoms. The van der Waals surface area contributed by atoms with Crippen LogP contribution < -0.4 is 0 Å². The van der Waals surface area contributed by atoms with Crippen LogP contribution >= 0.6 is 23.1 Å². The van der Waals surface area contributed by atoms with Crippen molar-refractivity contribution in [2.24, 2.45) is 0 Å². The van der Waals surface area contributed by atoms with E-state index in [0.717, 1.165) is 84.2 Å². The molecule has 1 aliphatic heterocycles. The summed E-state index contributed by atoms with van der Waals surface area (Å²) >= 11 is 3.88. The predicted molar refractivity (Wildman–Crippen MR) is 185 cm³/mol. The van der Waals surface area contributed by atoms with Gasteiger partial charge in [-0.3, -0.25) is 0 Å². The molecule has 1 aromatic heterocycles. The van der Waals surface area contributed by atoms with Crippen molar-refractivity contribution in [2.45, 2.75) is 114 Å². The fraction of sp³-hybridized carbons (Fsp3) is 0.622. The van der Waals surface area contributed by atoms with Gasteiger partial charge in [0, 0.05) is 42.4 Å². The van der Waals surface area contributed by atoms with Crippen LogP contribution in [-0.4, -0.2) is 56.6 Å². The van der Waals surface area contributed by atoms with Crippen LogP contribution in [0.2, 0.25) is 0 Å². The molecule has 0 bridgehead atoms.